The zero-order chi connectivity index (χ0) is 13.7. The van der Waals surface area contributed by atoms with Gasteiger partial charge in [0.05, 0.1) is 0 Å². The van der Waals surface area contributed by atoms with Crippen LogP contribution in [0.4, 0.5) is 14.5 Å². The third-order valence-corrected chi connectivity index (χ3v) is 2.39. The first-order valence-corrected chi connectivity index (χ1v) is 5.60. The predicted molar refractivity (Wildman–Crippen MR) is 69.9 cm³/mol. The maximum absolute atomic E-state index is 12.3. The van der Waals surface area contributed by atoms with Crippen molar-refractivity contribution in [3.63, 3.8) is 0 Å². The van der Waals surface area contributed by atoms with Crippen molar-refractivity contribution < 1.29 is 13.5 Å². The lowest BCUT2D eigenvalue weighted by Crippen LogP contribution is -2.12. The van der Waals surface area contributed by atoms with Gasteiger partial charge < -0.3 is 10.5 Å². The van der Waals surface area contributed by atoms with Crippen molar-refractivity contribution in [1.29, 1.82) is 0 Å². The zero-order valence-corrected chi connectivity index (χ0v) is 9.96. The van der Waals surface area contributed by atoms with Gasteiger partial charge >= 0.3 is 6.61 Å². The van der Waals surface area contributed by atoms with Crippen LogP contribution in [-0.2, 0) is 0 Å². The second-order valence-corrected chi connectivity index (χ2v) is 3.71. The van der Waals surface area contributed by atoms with Crippen molar-refractivity contribution in [2.75, 3.05) is 0 Å². The number of benzene rings is 2. The van der Waals surface area contributed by atoms with Gasteiger partial charge in [-0.05, 0) is 12.1 Å². The quantitative estimate of drug-likeness (QED) is 0.678. The number of para-hydroxylation sites is 2. The summed E-state index contributed by atoms with van der Waals surface area (Å²) in [6.07, 6.45) is 0. The van der Waals surface area contributed by atoms with Gasteiger partial charge in [-0.3, -0.25) is 0 Å². The van der Waals surface area contributed by atoms with Crippen LogP contribution in [-0.4, -0.2) is 12.4 Å². The van der Waals surface area contributed by atoms with E-state index in [1.165, 1.54) is 6.07 Å². The van der Waals surface area contributed by atoms with Crippen molar-refractivity contribution in [1.82, 2.24) is 0 Å². The largest absolute Gasteiger partial charge is 0.433 e. The van der Waals surface area contributed by atoms with Gasteiger partial charge in [0, 0.05) is 5.56 Å². The van der Waals surface area contributed by atoms with Gasteiger partial charge in [0.1, 0.15) is 11.5 Å². The van der Waals surface area contributed by atoms with Crippen LogP contribution in [0.25, 0.3) is 0 Å². The smallest absolute Gasteiger partial charge is 0.387 e. The molecular formula is C14H12F2N2O. The highest BCUT2D eigenvalue weighted by molar-refractivity contribution is 5.99. The molecule has 0 aliphatic carbocycles. The Bertz CT molecular complexity index is 571. The van der Waals surface area contributed by atoms with Gasteiger partial charge in [0.2, 0.25) is 0 Å². The van der Waals surface area contributed by atoms with E-state index in [9.17, 15) is 8.78 Å². The van der Waals surface area contributed by atoms with E-state index >= 15 is 0 Å². The molecule has 0 bridgehead atoms. The lowest BCUT2D eigenvalue weighted by atomic mass is 10.2. The lowest BCUT2D eigenvalue weighted by Gasteiger charge is -2.08. The first-order valence-electron chi connectivity index (χ1n) is 5.60. The second-order valence-electron chi connectivity index (χ2n) is 3.71. The molecule has 2 rings (SSSR count). The minimum Gasteiger partial charge on any atom is -0.433 e. The first kappa shape index (κ1) is 13.0. The Morgan fingerprint density at radius 1 is 1.00 bits per heavy atom. The molecule has 98 valence electrons. The lowest BCUT2D eigenvalue weighted by molar-refractivity contribution is -0.0494. The summed E-state index contributed by atoms with van der Waals surface area (Å²) < 4.78 is 28.9. The number of nitrogens with zero attached hydrogens (tertiary/aromatic N) is 1. The summed E-state index contributed by atoms with van der Waals surface area (Å²) in [4.78, 5) is 4.12. The fourth-order valence-corrected chi connectivity index (χ4v) is 1.55. The molecule has 19 heavy (non-hydrogen) atoms. The number of aliphatic imine (C=N–C) groups is 1. The van der Waals surface area contributed by atoms with Crippen molar-refractivity contribution >= 4 is 11.5 Å². The molecule has 5 heteroatoms. The number of hydrogen-bond acceptors (Lipinski definition) is 2. The van der Waals surface area contributed by atoms with Crippen LogP contribution in [0.3, 0.4) is 0 Å². The normalized spacial score (nSPS) is 11.6. The topological polar surface area (TPSA) is 47.6 Å². The molecule has 0 spiro atoms. The Hall–Kier alpha value is -2.43. The van der Waals surface area contributed by atoms with Crippen LogP contribution in [0.2, 0.25) is 0 Å². The van der Waals surface area contributed by atoms with E-state index in [-0.39, 0.29) is 17.3 Å². The minimum atomic E-state index is -2.89. The molecule has 0 radical (unpaired) electrons. The van der Waals surface area contributed by atoms with Crippen LogP contribution in [0.1, 0.15) is 5.56 Å². The van der Waals surface area contributed by atoms with Crippen molar-refractivity contribution in [2.45, 2.75) is 6.61 Å². The molecule has 0 unspecified atom stereocenters. The van der Waals surface area contributed by atoms with Gasteiger partial charge in [-0.1, -0.05) is 42.5 Å². The SMILES string of the molecule is NC(=Nc1ccccc1OC(F)F)c1ccccc1. The molecule has 0 atom stereocenters. The fourth-order valence-electron chi connectivity index (χ4n) is 1.55. The summed E-state index contributed by atoms with van der Waals surface area (Å²) in [5, 5.41) is 0. The summed E-state index contributed by atoms with van der Waals surface area (Å²) in [5.41, 5.74) is 6.82. The molecule has 3 nitrogen and oxygen atoms in total. The van der Waals surface area contributed by atoms with Gasteiger partial charge in [-0.25, -0.2) is 4.99 Å². The molecule has 2 N–H and O–H groups in total. The molecule has 0 amide bonds. The molecule has 0 saturated heterocycles. The predicted octanol–water partition coefficient (Wildman–Crippen LogP) is 3.33. The average Bonchev–Trinajstić information content (AvgIpc) is 2.41. The van der Waals surface area contributed by atoms with Crippen molar-refractivity contribution in [3.05, 3.63) is 60.2 Å². The van der Waals surface area contributed by atoms with E-state index in [2.05, 4.69) is 9.73 Å². The summed E-state index contributed by atoms with van der Waals surface area (Å²) in [5.74, 6) is 0.238. The molecule has 0 aliphatic rings. The van der Waals surface area contributed by atoms with E-state index in [4.69, 9.17) is 5.73 Å². The Kier molecular flexibility index (Phi) is 4.07. The molecule has 2 aromatic rings. The highest BCUT2D eigenvalue weighted by Crippen LogP contribution is 2.28. The number of halogens is 2. The number of rotatable bonds is 4. The molecule has 0 aliphatic heterocycles. The first-order chi connectivity index (χ1) is 9.16. The highest BCUT2D eigenvalue weighted by atomic mass is 19.3. The van der Waals surface area contributed by atoms with Gasteiger partial charge in [-0.15, -0.1) is 0 Å². The van der Waals surface area contributed by atoms with E-state index < -0.39 is 6.61 Å². The number of alkyl halides is 2. The average molecular weight is 262 g/mol. The van der Waals surface area contributed by atoms with Gasteiger partial charge in [0.15, 0.2) is 5.75 Å². The van der Waals surface area contributed by atoms with Crippen molar-refractivity contribution in [3.8, 4) is 5.75 Å². The summed E-state index contributed by atoms with van der Waals surface area (Å²) >= 11 is 0. The monoisotopic (exact) mass is 262 g/mol. The minimum absolute atomic E-state index is 0.00335. The van der Waals surface area contributed by atoms with Crippen molar-refractivity contribution in [2.24, 2.45) is 10.7 Å². The number of ether oxygens (including phenoxy) is 1. The number of hydrogen-bond donors (Lipinski definition) is 1. The Morgan fingerprint density at radius 3 is 2.32 bits per heavy atom. The van der Waals surface area contributed by atoms with Gasteiger partial charge in [-0.2, -0.15) is 8.78 Å². The maximum Gasteiger partial charge on any atom is 0.387 e. The molecule has 0 heterocycles. The van der Waals surface area contributed by atoms with Crippen LogP contribution in [0.15, 0.2) is 59.6 Å². The van der Waals surface area contributed by atoms with Crippen LogP contribution < -0.4 is 10.5 Å². The zero-order valence-electron chi connectivity index (χ0n) is 9.96. The Morgan fingerprint density at radius 2 is 1.63 bits per heavy atom. The third kappa shape index (κ3) is 3.51. The van der Waals surface area contributed by atoms with E-state index in [1.807, 2.05) is 18.2 Å². The number of amidine groups is 1. The Balaban J connectivity index is 2.32. The van der Waals surface area contributed by atoms with Crippen LogP contribution in [0, 0.1) is 0 Å². The van der Waals surface area contributed by atoms with E-state index in [0.717, 1.165) is 0 Å². The maximum atomic E-state index is 12.3. The standard InChI is InChI=1S/C14H12F2N2O/c15-14(16)19-12-9-5-4-8-11(12)18-13(17)10-6-2-1-3-7-10/h1-9,14H,(H2,17,18). The molecule has 2 aromatic carbocycles. The van der Waals surface area contributed by atoms with Crippen LogP contribution in [0.5, 0.6) is 5.75 Å². The fraction of sp³-hybridized carbons (Fsp3) is 0.0714. The summed E-state index contributed by atoms with van der Waals surface area (Å²) in [6, 6.07) is 15.3. The van der Waals surface area contributed by atoms with E-state index in [1.54, 1.807) is 30.3 Å². The van der Waals surface area contributed by atoms with Crippen LogP contribution >= 0.6 is 0 Å². The van der Waals surface area contributed by atoms with E-state index in [0.29, 0.717) is 5.56 Å². The molecule has 0 saturated carbocycles. The molecular weight excluding hydrogens is 250 g/mol. The molecule has 0 aromatic heterocycles. The second kappa shape index (κ2) is 5.95. The number of nitrogens with two attached hydrogens (primary N) is 1. The highest BCUT2D eigenvalue weighted by Gasteiger charge is 2.09. The molecule has 0 fully saturated rings. The Labute approximate surface area is 109 Å². The summed E-state index contributed by atoms with van der Waals surface area (Å²) in [7, 11) is 0. The summed E-state index contributed by atoms with van der Waals surface area (Å²) in [6.45, 7) is -2.89. The third-order valence-electron chi connectivity index (χ3n) is 2.39. The van der Waals surface area contributed by atoms with Gasteiger partial charge in [0.25, 0.3) is 0 Å².